The van der Waals surface area contributed by atoms with Gasteiger partial charge in [0, 0.05) is 17.8 Å². The number of carbonyl (C=O) groups is 1. The van der Waals surface area contributed by atoms with Crippen LogP contribution in [0.2, 0.25) is 0 Å². The van der Waals surface area contributed by atoms with Gasteiger partial charge in [0.05, 0.1) is 11.1 Å². The quantitative estimate of drug-likeness (QED) is 0.658. The van der Waals surface area contributed by atoms with Crippen LogP contribution in [0.25, 0.3) is 22.2 Å². The molecule has 2 heterocycles. The summed E-state index contributed by atoms with van der Waals surface area (Å²) in [5.41, 5.74) is 8.08. The fraction of sp³-hybridized carbons (Fsp3) is 0.278. The molecular weight excluding hydrogens is 337 g/mol. The van der Waals surface area contributed by atoms with Crippen LogP contribution in [0.1, 0.15) is 31.7 Å². The van der Waals surface area contributed by atoms with Crippen molar-refractivity contribution in [1.29, 1.82) is 0 Å². The zero-order valence-corrected chi connectivity index (χ0v) is 13.9. The van der Waals surface area contributed by atoms with Gasteiger partial charge in [0.2, 0.25) is 0 Å². The van der Waals surface area contributed by atoms with E-state index in [1.54, 1.807) is 6.07 Å². The van der Waals surface area contributed by atoms with Crippen LogP contribution in [0.3, 0.4) is 0 Å². The highest BCUT2D eigenvalue weighted by Crippen LogP contribution is 2.39. The SMILES string of the molecule is Nc1ncnc2c1c(-c1ccc(NC(=O)O)c(F)c1)cn2C1CCCC1. The number of halogens is 1. The molecule has 4 N–H and O–H groups in total. The number of nitrogens with zero attached hydrogens (tertiary/aromatic N) is 3. The number of hydrogen-bond donors (Lipinski definition) is 3. The van der Waals surface area contributed by atoms with Gasteiger partial charge in [-0.05, 0) is 30.5 Å². The van der Waals surface area contributed by atoms with Crippen molar-refractivity contribution in [1.82, 2.24) is 14.5 Å². The number of amides is 1. The van der Waals surface area contributed by atoms with Gasteiger partial charge in [-0.3, -0.25) is 5.32 Å². The first-order valence-electron chi connectivity index (χ1n) is 8.45. The molecule has 134 valence electrons. The number of anilines is 2. The second-order valence-corrected chi connectivity index (χ2v) is 6.47. The second-order valence-electron chi connectivity index (χ2n) is 6.47. The first-order chi connectivity index (χ1) is 12.5. The van der Waals surface area contributed by atoms with E-state index in [-0.39, 0.29) is 5.69 Å². The molecule has 2 aromatic heterocycles. The summed E-state index contributed by atoms with van der Waals surface area (Å²) in [6.07, 6.45) is 6.56. The first-order valence-corrected chi connectivity index (χ1v) is 8.45. The van der Waals surface area contributed by atoms with E-state index in [9.17, 15) is 9.18 Å². The molecule has 0 unspecified atom stereocenters. The molecule has 0 spiro atoms. The summed E-state index contributed by atoms with van der Waals surface area (Å²) in [6, 6.07) is 4.70. The van der Waals surface area contributed by atoms with E-state index < -0.39 is 11.9 Å². The maximum Gasteiger partial charge on any atom is 0.409 e. The number of benzene rings is 1. The van der Waals surface area contributed by atoms with E-state index in [0.717, 1.165) is 24.1 Å². The van der Waals surface area contributed by atoms with Crippen LogP contribution >= 0.6 is 0 Å². The van der Waals surface area contributed by atoms with Crippen LogP contribution in [0.4, 0.5) is 20.7 Å². The Labute approximate surface area is 148 Å². The zero-order valence-electron chi connectivity index (χ0n) is 13.9. The third-order valence-electron chi connectivity index (χ3n) is 4.88. The molecule has 1 saturated carbocycles. The molecule has 1 aromatic carbocycles. The summed E-state index contributed by atoms with van der Waals surface area (Å²) in [4.78, 5) is 19.2. The van der Waals surface area contributed by atoms with Gasteiger partial charge in [0.1, 0.15) is 23.6 Å². The van der Waals surface area contributed by atoms with Gasteiger partial charge < -0.3 is 15.4 Å². The van der Waals surface area contributed by atoms with E-state index in [1.807, 2.05) is 11.5 Å². The predicted molar refractivity (Wildman–Crippen MR) is 96.5 cm³/mol. The monoisotopic (exact) mass is 355 g/mol. The number of aromatic nitrogens is 3. The maximum absolute atomic E-state index is 14.3. The van der Waals surface area contributed by atoms with Crippen LogP contribution in [0, 0.1) is 5.82 Å². The lowest BCUT2D eigenvalue weighted by Gasteiger charge is -2.12. The first kappa shape index (κ1) is 16.3. The molecule has 0 atom stereocenters. The average molecular weight is 355 g/mol. The van der Waals surface area contributed by atoms with E-state index >= 15 is 0 Å². The van der Waals surface area contributed by atoms with Crippen LogP contribution < -0.4 is 11.1 Å². The van der Waals surface area contributed by atoms with Gasteiger partial charge >= 0.3 is 6.09 Å². The maximum atomic E-state index is 14.3. The summed E-state index contributed by atoms with van der Waals surface area (Å²) < 4.78 is 16.4. The van der Waals surface area contributed by atoms with Crippen molar-refractivity contribution in [2.75, 3.05) is 11.1 Å². The van der Waals surface area contributed by atoms with Crippen molar-refractivity contribution < 1.29 is 14.3 Å². The fourth-order valence-corrected chi connectivity index (χ4v) is 3.69. The van der Waals surface area contributed by atoms with Gasteiger partial charge in [0.15, 0.2) is 0 Å². The molecule has 1 amide bonds. The number of nitrogens with two attached hydrogens (primary N) is 1. The average Bonchev–Trinajstić information content (AvgIpc) is 3.24. The summed E-state index contributed by atoms with van der Waals surface area (Å²) in [6.45, 7) is 0. The highest BCUT2D eigenvalue weighted by atomic mass is 19.1. The molecule has 1 aliphatic rings. The summed E-state index contributed by atoms with van der Waals surface area (Å²) >= 11 is 0. The van der Waals surface area contributed by atoms with Crippen LogP contribution in [0.15, 0.2) is 30.7 Å². The Morgan fingerprint density at radius 2 is 2.08 bits per heavy atom. The van der Waals surface area contributed by atoms with Crippen LogP contribution in [-0.4, -0.2) is 25.7 Å². The summed E-state index contributed by atoms with van der Waals surface area (Å²) in [7, 11) is 0. The lowest BCUT2D eigenvalue weighted by Crippen LogP contribution is -2.08. The third-order valence-corrected chi connectivity index (χ3v) is 4.88. The number of nitrogens with one attached hydrogen (secondary N) is 1. The minimum Gasteiger partial charge on any atom is -0.465 e. The largest absolute Gasteiger partial charge is 0.465 e. The van der Waals surface area contributed by atoms with Crippen molar-refractivity contribution in [2.45, 2.75) is 31.7 Å². The van der Waals surface area contributed by atoms with E-state index in [4.69, 9.17) is 10.8 Å². The molecule has 3 aromatic rings. The highest BCUT2D eigenvalue weighted by Gasteiger charge is 2.23. The Bertz CT molecular complexity index is 995. The van der Waals surface area contributed by atoms with Crippen molar-refractivity contribution in [3.63, 3.8) is 0 Å². The molecule has 1 fully saturated rings. The van der Waals surface area contributed by atoms with Crippen molar-refractivity contribution >= 4 is 28.6 Å². The summed E-state index contributed by atoms with van der Waals surface area (Å²) in [5, 5.41) is 11.5. The van der Waals surface area contributed by atoms with Crippen molar-refractivity contribution in [3.05, 3.63) is 36.5 Å². The van der Waals surface area contributed by atoms with E-state index in [2.05, 4.69) is 14.5 Å². The lowest BCUT2D eigenvalue weighted by atomic mass is 10.1. The molecule has 4 rings (SSSR count). The highest BCUT2D eigenvalue weighted by molar-refractivity contribution is 6.01. The second kappa shape index (κ2) is 6.29. The lowest BCUT2D eigenvalue weighted by molar-refractivity contribution is 0.209. The molecule has 0 radical (unpaired) electrons. The Balaban J connectivity index is 1.86. The Morgan fingerprint density at radius 1 is 1.31 bits per heavy atom. The number of rotatable bonds is 3. The molecule has 0 saturated heterocycles. The summed E-state index contributed by atoms with van der Waals surface area (Å²) in [5.74, 6) is -0.308. The van der Waals surface area contributed by atoms with Gasteiger partial charge in [-0.15, -0.1) is 0 Å². The Morgan fingerprint density at radius 3 is 2.77 bits per heavy atom. The minimum atomic E-state index is -1.31. The van der Waals surface area contributed by atoms with Gasteiger partial charge in [-0.2, -0.15) is 0 Å². The topological polar surface area (TPSA) is 106 Å². The van der Waals surface area contributed by atoms with Crippen LogP contribution in [0.5, 0.6) is 0 Å². The van der Waals surface area contributed by atoms with Gasteiger partial charge in [0.25, 0.3) is 0 Å². The molecule has 26 heavy (non-hydrogen) atoms. The molecule has 1 aliphatic carbocycles. The smallest absolute Gasteiger partial charge is 0.409 e. The van der Waals surface area contributed by atoms with Gasteiger partial charge in [-0.1, -0.05) is 18.9 Å². The molecule has 7 nitrogen and oxygen atoms in total. The number of nitrogen functional groups attached to an aromatic ring is 1. The zero-order chi connectivity index (χ0) is 18.3. The number of fused-ring (bicyclic) bond motifs is 1. The molecule has 0 bridgehead atoms. The Kier molecular flexibility index (Phi) is 3.95. The van der Waals surface area contributed by atoms with Crippen molar-refractivity contribution in [3.8, 4) is 11.1 Å². The number of carboxylic acid groups (broad SMARTS) is 1. The predicted octanol–water partition coefficient (Wildman–Crippen LogP) is 4.02. The Hall–Kier alpha value is -3.16. The standard InChI is InChI=1S/C18H18FN5O2/c19-13-7-10(5-6-14(13)23-18(25)26)12-8-24(11-3-1-2-4-11)17-15(12)16(20)21-9-22-17/h5-9,11,23H,1-4H2,(H,25,26)(H2,20,21,22). The fourth-order valence-electron chi connectivity index (χ4n) is 3.69. The van der Waals surface area contributed by atoms with Crippen LogP contribution in [-0.2, 0) is 0 Å². The number of hydrogen-bond acceptors (Lipinski definition) is 4. The third kappa shape index (κ3) is 2.73. The molecule has 8 heteroatoms. The van der Waals surface area contributed by atoms with E-state index in [1.165, 1.54) is 31.3 Å². The van der Waals surface area contributed by atoms with E-state index in [0.29, 0.717) is 22.8 Å². The molecule has 0 aliphatic heterocycles. The molecular formula is C18H18FN5O2. The minimum absolute atomic E-state index is 0.0926. The van der Waals surface area contributed by atoms with Gasteiger partial charge in [-0.25, -0.2) is 19.2 Å². The normalized spacial score (nSPS) is 14.8. The van der Waals surface area contributed by atoms with Crippen molar-refractivity contribution in [2.24, 2.45) is 0 Å².